The number of methoxy groups -OCH3 is 3. The Morgan fingerprint density at radius 3 is 2.38 bits per heavy atom. The molecule has 0 saturated carbocycles. The maximum Gasteiger partial charge on any atom is 0.353 e. The van der Waals surface area contributed by atoms with E-state index in [0.29, 0.717) is 45.1 Å². The van der Waals surface area contributed by atoms with Gasteiger partial charge in [0, 0.05) is 23.4 Å². The summed E-state index contributed by atoms with van der Waals surface area (Å²) in [6.45, 7) is 0.457. The maximum absolute atomic E-state index is 11.4. The zero-order valence-electron chi connectivity index (χ0n) is 13.8. The number of H-pyrrole nitrogens is 1. The molecular weight excluding hydrogens is 380 g/mol. The summed E-state index contributed by atoms with van der Waals surface area (Å²) >= 11 is 3.39. The van der Waals surface area contributed by atoms with Crippen LogP contribution in [-0.2, 0) is 6.54 Å². The molecule has 0 aliphatic carbocycles. The van der Waals surface area contributed by atoms with Crippen LogP contribution in [-0.4, -0.2) is 44.4 Å². The second kappa shape index (κ2) is 7.59. The third kappa shape index (κ3) is 3.07. The minimum absolute atomic E-state index is 0.0760. The fraction of sp³-hybridized carbons (Fsp3) is 0.312. The molecule has 0 unspecified atom stereocenters. The fourth-order valence-electron chi connectivity index (χ4n) is 2.56. The van der Waals surface area contributed by atoms with Crippen LogP contribution in [0.3, 0.4) is 0 Å². The van der Waals surface area contributed by atoms with Crippen molar-refractivity contribution in [3.63, 3.8) is 0 Å². The van der Waals surface area contributed by atoms with Gasteiger partial charge in [-0.1, -0.05) is 0 Å². The number of carboxylic acids is 1. The quantitative estimate of drug-likeness (QED) is 0.663. The summed E-state index contributed by atoms with van der Waals surface area (Å²) in [6.07, 6.45) is 0. The van der Waals surface area contributed by atoms with Crippen molar-refractivity contribution in [2.45, 2.75) is 6.54 Å². The van der Waals surface area contributed by atoms with E-state index in [9.17, 15) is 9.90 Å². The molecule has 24 heavy (non-hydrogen) atoms. The normalized spacial score (nSPS) is 10.5. The highest BCUT2D eigenvalue weighted by Crippen LogP contribution is 2.47. The number of hydrogen-bond acceptors (Lipinski definition) is 5. The van der Waals surface area contributed by atoms with E-state index < -0.39 is 5.97 Å². The van der Waals surface area contributed by atoms with Gasteiger partial charge in [-0.05, 0) is 35.1 Å². The second-order valence-corrected chi connectivity index (χ2v) is 5.68. The summed E-state index contributed by atoms with van der Waals surface area (Å²) in [5.41, 5.74) is 2.18. The Hall–Kier alpha value is -2.19. The van der Waals surface area contributed by atoms with Crippen LogP contribution < -0.4 is 19.5 Å². The highest BCUT2D eigenvalue weighted by molar-refractivity contribution is 9.10. The standard InChI is InChI=1S/C16H19BrN2O5/c1-18-7-9-11(12(17)13(19-9)16(20)21)8-5-6-10(22-2)15(24-4)14(8)23-3/h5-6,18-19H,7H2,1-4H3,(H,20,21). The minimum Gasteiger partial charge on any atom is -0.493 e. The van der Waals surface area contributed by atoms with Gasteiger partial charge in [0.05, 0.1) is 25.8 Å². The lowest BCUT2D eigenvalue weighted by Crippen LogP contribution is -2.07. The summed E-state index contributed by atoms with van der Waals surface area (Å²) in [4.78, 5) is 14.4. The molecule has 3 N–H and O–H groups in total. The van der Waals surface area contributed by atoms with Crippen molar-refractivity contribution in [1.82, 2.24) is 10.3 Å². The predicted octanol–water partition coefficient (Wildman–Crippen LogP) is 2.89. The van der Waals surface area contributed by atoms with E-state index in [1.54, 1.807) is 19.2 Å². The highest BCUT2D eigenvalue weighted by atomic mass is 79.9. The lowest BCUT2D eigenvalue weighted by molar-refractivity contribution is 0.0690. The van der Waals surface area contributed by atoms with Crippen LogP contribution in [0, 0.1) is 0 Å². The van der Waals surface area contributed by atoms with Gasteiger partial charge < -0.3 is 29.6 Å². The van der Waals surface area contributed by atoms with Crippen LogP contribution in [0.15, 0.2) is 16.6 Å². The molecule has 2 rings (SSSR count). The van der Waals surface area contributed by atoms with Crippen molar-refractivity contribution in [2.75, 3.05) is 28.4 Å². The van der Waals surface area contributed by atoms with E-state index in [0.717, 1.165) is 0 Å². The molecule has 1 aromatic carbocycles. The number of aromatic carboxylic acids is 1. The molecule has 0 radical (unpaired) electrons. The SMILES string of the molecule is CNCc1[nH]c(C(=O)O)c(Br)c1-c1ccc(OC)c(OC)c1OC. The van der Waals surface area contributed by atoms with Gasteiger partial charge in [0.25, 0.3) is 0 Å². The van der Waals surface area contributed by atoms with E-state index in [1.165, 1.54) is 21.3 Å². The van der Waals surface area contributed by atoms with Gasteiger partial charge in [0.15, 0.2) is 11.5 Å². The average Bonchev–Trinajstić information content (AvgIpc) is 2.90. The third-order valence-electron chi connectivity index (χ3n) is 3.56. The lowest BCUT2D eigenvalue weighted by Gasteiger charge is -2.16. The maximum atomic E-state index is 11.4. The zero-order valence-corrected chi connectivity index (χ0v) is 15.4. The van der Waals surface area contributed by atoms with Crippen LogP contribution in [0.4, 0.5) is 0 Å². The number of aromatic nitrogens is 1. The Morgan fingerprint density at radius 2 is 1.88 bits per heavy atom. The molecule has 8 heteroatoms. The van der Waals surface area contributed by atoms with Gasteiger partial charge in [-0.15, -0.1) is 0 Å². The smallest absolute Gasteiger partial charge is 0.353 e. The monoisotopic (exact) mass is 398 g/mol. The van der Waals surface area contributed by atoms with Crippen molar-refractivity contribution in [2.24, 2.45) is 0 Å². The Kier molecular flexibility index (Phi) is 5.74. The van der Waals surface area contributed by atoms with Gasteiger partial charge in [-0.3, -0.25) is 0 Å². The molecule has 1 aromatic heterocycles. The first-order valence-corrected chi connectivity index (χ1v) is 7.86. The van der Waals surface area contributed by atoms with E-state index in [2.05, 4.69) is 26.2 Å². The summed E-state index contributed by atoms with van der Waals surface area (Å²) in [6, 6.07) is 3.55. The van der Waals surface area contributed by atoms with Crippen LogP contribution in [0.25, 0.3) is 11.1 Å². The predicted molar refractivity (Wildman–Crippen MR) is 93.3 cm³/mol. The molecule has 0 amide bonds. The number of hydrogen-bond donors (Lipinski definition) is 3. The third-order valence-corrected chi connectivity index (χ3v) is 4.35. The van der Waals surface area contributed by atoms with Crippen LogP contribution in [0.2, 0.25) is 0 Å². The number of aromatic amines is 1. The topological polar surface area (TPSA) is 92.8 Å². The van der Waals surface area contributed by atoms with Crippen molar-refractivity contribution in [3.8, 4) is 28.4 Å². The number of rotatable bonds is 7. The molecule has 0 bridgehead atoms. The molecule has 0 aliphatic rings. The number of nitrogens with one attached hydrogen (secondary N) is 2. The first kappa shape index (κ1) is 18.2. The number of ether oxygens (including phenoxy) is 3. The van der Waals surface area contributed by atoms with Gasteiger partial charge in [0.2, 0.25) is 5.75 Å². The van der Waals surface area contributed by atoms with E-state index >= 15 is 0 Å². The molecular formula is C16H19BrN2O5. The molecule has 130 valence electrons. The molecule has 7 nitrogen and oxygen atoms in total. The molecule has 0 spiro atoms. The molecule has 0 saturated heterocycles. The Morgan fingerprint density at radius 1 is 1.21 bits per heavy atom. The second-order valence-electron chi connectivity index (χ2n) is 4.88. The van der Waals surface area contributed by atoms with Crippen LogP contribution >= 0.6 is 15.9 Å². The first-order valence-electron chi connectivity index (χ1n) is 7.07. The lowest BCUT2D eigenvalue weighted by atomic mass is 10.0. The van der Waals surface area contributed by atoms with Gasteiger partial charge in [-0.25, -0.2) is 4.79 Å². The molecule has 0 fully saturated rings. The summed E-state index contributed by atoms with van der Waals surface area (Å²) < 4.78 is 16.7. The Bertz CT molecular complexity index is 757. The van der Waals surface area contributed by atoms with Crippen molar-refractivity contribution in [3.05, 3.63) is 28.0 Å². The van der Waals surface area contributed by atoms with E-state index in [1.807, 2.05) is 0 Å². The van der Waals surface area contributed by atoms with Crippen molar-refractivity contribution >= 4 is 21.9 Å². The number of carbonyl (C=O) groups is 1. The van der Waals surface area contributed by atoms with Crippen molar-refractivity contribution < 1.29 is 24.1 Å². The summed E-state index contributed by atoms with van der Waals surface area (Å²) in [5.74, 6) is 0.382. The number of halogens is 1. The minimum atomic E-state index is -1.05. The molecule has 2 aromatic rings. The highest BCUT2D eigenvalue weighted by Gasteiger charge is 2.25. The van der Waals surface area contributed by atoms with Gasteiger partial charge in [0.1, 0.15) is 5.69 Å². The van der Waals surface area contributed by atoms with E-state index in [4.69, 9.17) is 14.2 Å². The van der Waals surface area contributed by atoms with Crippen LogP contribution in [0.1, 0.15) is 16.2 Å². The molecule has 0 aliphatic heterocycles. The summed E-state index contributed by atoms with van der Waals surface area (Å²) in [5, 5.41) is 12.4. The Balaban J connectivity index is 2.78. The molecule has 0 atom stereocenters. The first-order chi connectivity index (χ1) is 11.5. The van der Waals surface area contributed by atoms with Crippen LogP contribution in [0.5, 0.6) is 17.2 Å². The molecule has 1 heterocycles. The zero-order chi connectivity index (χ0) is 17.9. The fourth-order valence-corrected chi connectivity index (χ4v) is 3.28. The van der Waals surface area contributed by atoms with Gasteiger partial charge in [-0.2, -0.15) is 0 Å². The van der Waals surface area contributed by atoms with Crippen molar-refractivity contribution in [1.29, 1.82) is 0 Å². The largest absolute Gasteiger partial charge is 0.493 e. The number of benzene rings is 1. The van der Waals surface area contributed by atoms with Gasteiger partial charge >= 0.3 is 5.97 Å². The van der Waals surface area contributed by atoms with E-state index in [-0.39, 0.29) is 5.69 Å². The Labute approximate surface area is 148 Å². The number of carboxylic acid groups (broad SMARTS) is 1. The summed E-state index contributed by atoms with van der Waals surface area (Å²) in [7, 11) is 6.37. The average molecular weight is 399 g/mol.